The molecule has 0 saturated carbocycles. The van der Waals surface area contributed by atoms with Crippen molar-refractivity contribution in [1.82, 2.24) is 15.2 Å². The van der Waals surface area contributed by atoms with Crippen molar-refractivity contribution < 1.29 is 9.90 Å². The number of carboxylic acid groups (broad SMARTS) is 1. The predicted molar refractivity (Wildman–Crippen MR) is 67.5 cm³/mol. The van der Waals surface area contributed by atoms with Gasteiger partial charge in [-0.2, -0.15) is 0 Å². The molecule has 3 N–H and O–H groups in total. The summed E-state index contributed by atoms with van der Waals surface area (Å²) in [6.07, 6.45) is 1.86. The van der Waals surface area contributed by atoms with Gasteiger partial charge in [0.05, 0.1) is 0 Å². The van der Waals surface area contributed by atoms with Gasteiger partial charge in [0.15, 0.2) is 0 Å². The smallest absolute Gasteiger partial charge is 0.322 e. The van der Waals surface area contributed by atoms with E-state index in [1.54, 1.807) is 0 Å². The number of hydrogen-bond acceptors (Lipinski definition) is 3. The fourth-order valence-electron chi connectivity index (χ4n) is 2.20. The van der Waals surface area contributed by atoms with Crippen LogP contribution in [-0.2, 0) is 4.79 Å². The zero-order valence-corrected chi connectivity index (χ0v) is 10.5. The normalized spacial score (nSPS) is 22.8. The molecule has 1 aliphatic heterocycles. The number of piperazine rings is 1. The number of rotatable bonds is 3. The number of aromatic nitrogens is 1. The number of carbonyl (C=O) groups is 1. The van der Waals surface area contributed by atoms with E-state index in [0.29, 0.717) is 6.54 Å². The predicted octanol–water partition coefficient (Wildman–Crippen LogP) is 0.856. The summed E-state index contributed by atoms with van der Waals surface area (Å²) in [5.41, 5.74) is 1.06. The Bertz CT molecular complexity index is 356. The highest BCUT2D eigenvalue weighted by molar-refractivity contribution is 5.85. The van der Waals surface area contributed by atoms with Crippen LogP contribution in [0.15, 0.2) is 18.3 Å². The first kappa shape index (κ1) is 14.0. The van der Waals surface area contributed by atoms with E-state index < -0.39 is 12.0 Å². The second kappa shape index (κ2) is 6.05. The van der Waals surface area contributed by atoms with Crippen molar-refractivity contribution in [3.63, 3.8) is 0 Å². The van der Waals surface area contributed by atoms with Crippen molar-refractivity contribution in [2.75, 3.05) is 19.6 Å². The second-order valence-corrected chi connectivity index (χ2v) is 4.10. The number of H-pyrrole nitrogens is 1. The van der Waals surface area contributed by atoms with Gasteiger partial charge in [0.2, 0.25) is 0 Å². The van der Waals surface area contributed by atoms with E-state index >= 15 is 0 Å². The summed E-state index contributed by atoms with van der Waals surface area (Å²) in [6.45, 7) is 4.15. The van der Waals surface area contributed by atoms with Gasteiger partial charge in [-0.3, -0.25) is 9.69 Å². The molecule has 1 fully saturated rings. The van der Waals surface area contributed by atoms with Crippen molar-refractivity contribution in [1.29, 1.82) is 0 Å². The summed E-state index contributed by atoms with van der Waals surface area (Å²) in [5.74, 6) is -0.759. The molecule has 0 radical (unpaired) electrons. The molecular formula is C11H18ClN3O2. The Hall–Kier alpha value is -1.04. The third kappa shape index (κ3) is 3.00. The van der Waals surface area contributed by atoms with Gasteiger partial charge in [0, 0.05) is 37.6 Å². The Morgan fingerprint density at radius 2 is 2.41 bits per heavy atom. The van der Waals surface area contributed by atoms with Crippen LogP contribution in [0.2, 0.25) is 0 Å². The summed E-state index contributed by atoms with van der Waals surface area (Å²) >= 11 is 0. The average molecular weight is 260 g/mol. The van der Waals surface area contributed by atoms with Crippen molar-refractivity contribution in [3.05, 3.63) is 24.0 Å². The molecule has 96 valence electrons. The monoisotopic (exact) mass is 259 g/mol. The third-order valence-electron chi connectivity index (χ3n) is 3.14. The minimum Gasteiger partial charge on any atom is -0.480 e. The van der Waals surface area contributed by atoms with Gasteiger partial charge in [-0.15, -0.1) is 12.4 Å². The number of nitrogens with zero attached hydrogens (tertiary/aromatic N) is 1. The van der Waals surface area contributed by atoms with E-state index in [9.17, 15) is 4.79 Å². The topological polar surface area (TPSA) is 68.4 Å². The highest BCUT2D eigenvalue weighted by atomic mass is 35.5. The molecule has 1 aromatic heterocycles. The fourth-order valence-corrected chi connectivity index (χ4v) is 2.20. The van der Waals surface area contributed by atoms with Crippen LogP contribution in [0.1, 0.15) is 18.7 Å². The minimum atomic E-state index is -0.759. The van der Waals surface area contributed by atoms with Crippen LogP contribution in [0.5, 0.6) is 0 Å². The quantitative estimate of drug-likeness (QED) is 0.753. The lowest BCUT2D eigenvalue weighted by Crippen LogP contribution is -2.55. The summed E-state index contributed by atoms with van der Waals surface area (Å²) in [4.78, 5) is 16.3. The lowest BCUT2D eigenvalue weighted by Gasteiger charge is -2.37. The molecule has 5 nitrogen and oxygen atoms in total. The maximum atomic E-state index is 11.1. The summed E-state index contributed by atoms with van der Waals surface area (Å²) < 4.78 is 0. The van der Waals surface area contributed by atoms with Gasteiger partial charge in [-0.25, -0.2) is 0 Å². The van der Waals surface area contributed by atoms with Crippen LogP contribution in [0.4, 0.5) is 0 Å². The molecule has 0 aliphatic carbocycles. The highest BCUT2D eigenvalue weighted by Gasteiger charge is 2.32. The summed E-state index contributed by atoms with van der Waals surface area (Å²) in [7, 11) is 0. The maximum Gasteiger partial charge on any atom is 0.322 e. The van der Waals surface area contributed by atoms with Crippen LogP contribution in [0.3, 0.4) is 0 Å². The molecule has 2 heterocycles. The number of nitrogens with one attached hydrogen (secondary N) is 2. The van der Waals surface area contributed by atoms with Crippen LogP contribution in [-0.4, -0.2) is 46.6 Å². The van der Waals surface area contributed by atoms with Gasteiger partial charge in [-0.05, 0) is 19.1 Å². The molecule has 6 heteroatoms. The molecule has 0 spiro atoms. The standard InChI is InChI=1S/C11H17N3O2.ClH/c1-8(9-3-2-4-13-9)14-6-5-12-7-10(14)11(15)16;/h2-4,8,10,12-13H,5-7H2,1H3,(H,15,16);1H. The highest BCUT2D eigenvalue weighted by Crippen LogP contribution is 2.21. The first-order chi connectivity index (χ1) is 7.70. The van der Waals surface area contributed by atoms with E-state index in [2.05, 4.69) is 10.3 Å². The van der Waals surface area contributed by atoms with Gasteiger partial charge in [0.25, 0.3) is 0 Å². The van der Waals surface area contributed by atoms with Crippen molar-refractivity contribution >= 4 is 18.4 Å². The molecule has 0 amide bonds. The Morgan fingerprint density at radius 3 is 3.00 bits per heavy atom. The average Bonchev–Trinajstić information content (AvgIpc) is 2.81. The van der Waals surface area contributed by atoms with E-state index in [1.165, 1.54) is 0 Å². The Morgan fingerprint density at radius 1 is 1.65 bits per heavy atom. The Balaban J connectivity index is 0.00000144. The number of hydrogen-bond donors (Lipinski definition) is 3. The maximum absolute atomic E-state index is 11.1. The van der Waals surface area contributed by atoms with Gasteiger partial charge >= 0.3 is 5.97 Å². The van der Waals surface area contributed by atoms with Crippen LogP contribution >= 0.6 is 12.4 Å². The SMILES string of the molecule is CC(c1ccc[nH]1)N1CCNCC1C(=O)O.Cl. The number of halogens is 1. The minimum absolute atomic E-state index is 0. The molecule has 1 saturated heterocycles. The van der Waals surface area contributed by atoms with Crippen molar-refractivity contribution in [2.24, 2.45) is 0 Å². The largest absolute Gasteiger partial charge is 0.480 e. The van der Waals surface area contributed by atoms with Gasteiger partial charge in [0.1, 0.15) is 6.04 Å². The molecule has 0 aromatic carbocycles. The van der Waals surface area contributed by atoms with Gasteiger partial charge < -0.3 is 15.4 Å². The van der Waals surface area contributed by atoms with Crippen LogP contribution in [0, 0.1) is 0 Å². The molecule has 1 aromatic rings. The summed E-state index contributed by atoms with van der Waals surface area (Å²) in [5, 5.41) is 12.3. The van der Waals surface area contributed by atoms with E-state index in [0.717, 1.165) is 18.8 Å². The second-order valence-electron chi connectivity index (χ2n) is 4.10. The number of carboxylic acids is 1. The fraction of sp³-hybridized carbons (Fsp3) is 0.545. The first-order valence-electron chi connectivity index (χ1n) is 5.52. The lowest BCUT2D eigenvalue weighted by molar-refractivity contribution is -0.145. The van der Waals surface area contributed by atoms with Crippen molar-refractivity contribution in [2.45, 2.75) is 19.0 Å². The van der Waals surface area contributed by atoms with E-state index in [1.807, 2.05) is 30.2 Å². The Kier molecular flexibility index (Phi) is 4.99. The lowest BCUT2D eigenvalue weighted by atomic mass is 10.1. The zero-order valence-electron chi connectivity index (χ0n) is 9.72. The Labute approximate surface area is 107 Å². The molecule has 2 unspecified atom stereocenters. The zero-order chi connectivity index (χ0) is 11.5. The van der Waals surface area contributed by atoms with Gasteiger partial charge in [-0.1, -0.05) is 0 Å². The molecule has 1 aliphatic rings. The summed E-state index contributed by atoms with van der Waals surface area (Å²) in [6, 6.07) is 3.60. The van der Waals surface area contributed by atoms with E-state index in [-0.39, 0.29) is 18.4 Å². The number of aromatic amines is 1. The molecular weight excluding hydrogens is 242 g/mol. The third-order valence-corrected chi connectivity index (χ3v) is 3.14. The van der Waals surface area contributed by atoms with Crippen molar-refractivity contribution in [3.8, 4) is 0 Å². The van der Waals surface area contributed by atoms with E-state index in [4.69, 9.17) is 5.11 Å². The molecule has 2 rings (SSSR count). The molecule has 17 heavy (non-hydrogen) atoms. The molecule has 2 atom stereocenters. The molecule has 0 bridgehead atoms. The van der Waals surface area contributed by atoms with Crippen LogP contribution < -0.4 is 5.32 Å². The first-order valence-corrected chi connectivity index (χ1v) is 5.52. The van der Waals surface area contributed by atoms with Crippen LogP contribution in [0.25, 0.3) is 0 Å². The number of aliphatic carboxylic acids is 1.